The van der Waals surface area contributed by atoms with Gasteiger partial charge in [-0.25, -0.2) is 0 Å². The molecular formula is C15H25N3O2S. The number of hydrogen-bond donors (Lipinski definition) is 2. The predicted molar refractivity (Wildman–Crippen MR) is 88.6 cm³/mol. The lowest BCUT2D eigenvalue weighted by Crippen LogP contribution is -2.31. The number of likely N-dealkylation sites (N-methyl/N-ethyl adjacent to an activating group) is 1. The van der Waals surface area contributed by atoms with Gasteiger partial charge in [-0.3, -0.25) is 4.79 Å². The fourth-order valence-electron chi connectivity index (χ4n) is 2.61. The lowest BCUT2D eigenvalue weighted by atomic mass is 10.2. The summed E-state index contributed by atoms with van der Waals surface area (Å²) in [5.41, 5.74) is 6.54. The van der Waals surface area contributed by atoms with Crippen molar-refractivity contribution in [3.8, 4) is 5.75 Å². The maximum atomic E-state index is 11.7. The van der Waals surface area contributed by atoms with Gasteiger partial charge in [-0.15, -0.1) is 11.3 Å². The van der Waals surface area contributed by atoms with Crippen molar-refractivity contribution in [1.29, 1.82) is 0 Å². The first-order valence-electron chi connectivity index (χ1n) is 7.44. The van der Waals surface area contributed by atoms with Crippen LogP contribution in [-0.4, -0.2) is 43.0 Å². The number of ketones is 1. The van der Waals surface area contributed by atoms with E-state index in [1.165, 1.54) is 31.1 Å². The molecule has 1 atom stereocenters. The summed E-state index contributed by atoms with van der Waals surface area (Å²) in [7, 11) is 2.15. The van der Waals surface area contributed by atoms with Crippen molar-refractivity contribution in [2.24, 2.45) is 0 Å². The van der Waals surface area contributed by atoms with E-state index >= 15 is 0 Å². The van der Waals surface area contributed by atoms with E-state index in [-0.39, 0.29) is 11.9 Å². The minimum absolute atomic E-state index is 0.0165. The Bertz CT molecular complexity index is 513. The molecule has 0 aromatic carbocycles. The van der Waals surface area contributed by atoms with Crippen LogP contribution < -0.4 is 15.8 Å². The van der Waals surface area contributed by atoms with Crippen LogP contribution in [0.2, 0.25) is 0 Å². The van der Waals surface area contributed by atoms with Gasteiger partial charge in [0.1, 0.15) is 5.00 Å². The van der Waals surface area contributed by atoms with Crippen molar-refractivity contribution in [3.63, 3.8) is 0 Å². The molecule has 0 aliphatic carbocycles. The number of ether oxygens (including phenoxy) is 1. The number of hydrogen-bond acceptors (Lipinski definition) is 6. The molecule has 2 rings (SSSR count). The Balaban J connectivity index is 2.16. The van der Waals surface area contributed by atoms with Crippen LogP contribution in [0.4, 0.5) is 10.7 Å². The molecule has 3 N–H and O–H groups in total. The van der Waals surface area contributed by atoms with Gasteiger partial charge in [0.15, 0.2) is 11.5 Å². The molecule has 0 amide bonds. The Kier molecular flexibility index (Phi) is 5.11. The molecule has 1 fully saturated rings. The summed E-state index contributed by atoms with van der Waals surface area (Å²) in [5.74, 6) is 0.609. The van der Waals surface area contributed by atoms with Gasteiger partial charge in [0.25, 0.3) is 0 Å². The van der Waals surface area contributed by atoms with Crippen LogP contribution in [0.15, 0.2) is 0 Å². The van der Waals surface area contributed by atoms with Gasteiger partial charge in [0, 0.05) is 19.5 Å². The number of rotatable bonds is 6. The molecule has 1 saturated heterocycles. The second-order valence-electron chi connectivity index (χ2n) is 5.88. The highest BCUT2D eigenvalue weighted by Gasteiger charge is 2.24. The standard InChI is InChI=1S/C15H25N3O2S/c1-9(2)20-13-12(16)14(10(3)19)21-15(13)17-8-11-6-5-7-18(11)4/h9,11,17H,5-8,16H2,1-4H3. The van der Waals surface area contributed by atoms with E-state index in [4.69, 9.17) is 10.5 Å². The van der Waals surface area contributed by atoms with Crippen molar-refractivity contribution in [1.82, 2.24) is 4.90 Å². The first-order chi connectivity index (χ1) is 9.90. The SMILES string of the molecule is CC(=O)c1sc(NCC2CCCN2C)c(OC(C)C)c1N. The zero-order valence-corrected chi connectivity index (χ0v) is 14.0. The van der Waals surface area contributed by atoms with Crippen LogP contribution >= 0.6 is 11.3 Å². The Morgan fingerprint density at radius 3 is 2.81 bits per heavy atom. The van der Waals surface area contributed by atoms with Crippen molar-refractivity contribution < 1.29 is 9.53 Å². The van der Waals surface area contributed by atoms with E-state index < -0.39 is 0 Å². The fourth-order valence-corrected chi connectivity index (χ4v) is 3.56. The number of Topliss-reactive ketones (excluding diaryl/α,β-unsaturated/α-hetero) is 1. The third-order valence-electron chi connectivity index (χ3n) is 3.74. The molecule has 6 heteroatoms. The average molecular weight is 311 g/mol. The number of carbonyl (C=O) groups is 1. The molecular weight excluding hydrogens is 286 g/mol. The maximum Gasteiger partial charge on any atom is 0.177 e. The highest BCUT2D eigenvalue weighted by molar-refractivity contribution is 7.19. The van der Waals surface area contributed by atoms with Gasteiger partial charge in [0.05, 0.1) is 16.7 Å². The van der Waals surface area contributed by atoms with Crippen LogP contribution in [0.1, 0.15) is 43.3 Å². The van der Waals surface area contributed by atoms with Gasteiger partial charge >= 0.3 is 0 Å². The molecule has 1 aliphatic heterocycles. The first-order valence-corrected chi connectivity index (χ1v) is 8.25. The van der Waals surface area contributed by atoms with Gasteiger partial charge in [0.2, 0.25) is 0 Å². The minimum Gasteiger partial charge on any atom is -0.486 e. The lowest BCUT2D eigenvalue weighted by molar-refractivity contribution is 0.102. The number of nitrogen functional groups attached to an aromatic ring is 1. The molecule has 118 valence electrons. The number of likely N-dealkylation sites (tertiary alicyclic amines) is 1. The summed E-state index contributed by atoms with van der Waals surface area (Å²) < 4.78 is 5.81. The lowest BCUT2D eigenvalue weighted by Gasteiger charge is -2.20. The molecule has 1 aromatic heterocycles. The van der Waals surface area contributed by atoms with Gasteiger partial charge < -0.3 is 20.7 Å². The number of nitrogens with two attached hydrogens (primary N) is 1. The Hall–Kier alpha value is -1.27. The number of anilines is 2. The van der Waals surface area contributed by atoms with E-state index in [1.807, 2.05) is 13.8 Å². The second-order valence-corrected chi connectivity index (χ2v) is 6.90. The molecule has 1 unspecified atom stereocenters. The third kappa shape index (κ3) is 3.68. The summed E-state index contributed by atoms with van der Waals surface area (Å²) in [6, 6.07) is 0.529. The van der Waals surface area contributed by atoms with Gasteiger partial charge in [-0.1, -0.05) is 0 Å². The van der Waals surface area contributed by atoms with Crippen molar-refractivity contribution in [2.45, 2.75) is 45.8 Å². The van der Waals surface area contributed by atoms with Gasteiger partial charge in [-0.2, -0.15) is 0 Å². The van der Waals surface area contributed by atoms with Crippen LogP contribution in [0.5, 0.6) is 5.75 Å². The van der Waals surface area contributed by atoms with E-state index in [2.05, 4.69) is 17.3 Å². The number of nitrogens with zero attached hydrogens (tertiary/aromatic N) is 1. The predicted octanol–water partition coefficient (Wildman–Crippen LogP) is 2.83. The molecule has 0 radical (unpaired) electrons. The van der Waals surface area contributed by atoms with E-state index in [1.54, 1.807) is 0 Å². The van der Waals surface area contributed by atoms with Gasteiger partial charge in [-0.05, 0) is 40.3 Å². The van der Waals surface area contributed by atoms with E-state index in [0.29, 0.717) is 22.4 Å². The zero-order valence-electron chi connectivity index (χ0n) is 13.2. The summed E-state index contributed by atoms with van der Waals surface area (Å²) in [6.07, 6.45) is 2.46. The number of thiophene rings is 1. The van der Waals surface area contributed by atoms with Crippen molar-refractivity contribution in [3.05, 3.63) is 4.88 Å². The van der Waals surface area contributed by atoms with E-state index in [9.17, 15) is 4.79 Å². The Morgan fingerprint density at radius 2 is 2.29 bits per heavy atom. The second kappa shape index (κ2) is 6.66. The molecule has 2 heterocycles. The first kappa shape index (κ1) is 16.1. The monoisotopic (exact) mass is 311 g/mol. The highest BCUT2D eigenvalue weighted by Crippen LogP contribution is 2.43. The Labute approximate surface area is 130 Å². The topological polar surface area (TPSA) is 67.6 Å². The third-order valence-corrected chi connectivity index (χ3v) is 4.99. The molecule has 0 spiro atoms. The molecule has 1 aromatic rings. The highest BCUT2D eigenvalue weighted by atomic mass is 32.1. The summed E-state index contributed by atoms with van der Waals surface area (Å²) in [4.78, 5) is 14.6. The molecule has 21 heavy (non-hydrogen) atoms. The van der Waals surface area contributed by atoms with Crippen LogP contribution in [0, 0.1) is 0 Å². The van der Waals surface area contributed by atoms with E-state index in [0.717, 1.165) is 18.1 Å². The van der Waals surface area contributed by atoms with Crippen molar-refractivity contribution >= 4 is 27.8 Å². The molecule has 1 aliphatic rings. The van der Waals surface area contributed by atoms with Crippen LogP contribution in [0.3, 0.4) is 0 Å². The molecule has 0 saturated carbocycles. The number of nitrogens with one attached hydrogen (secondary N) is 1. The normalized spacial score (nSPS) is 19.2. The fraction of sp³-hybridized carbons (Fsp3) is 0.667. The summed E-state index contributed by atoms with van der Waals surface area (Å²) in [5, 5.41) is 4.29. The average Bonchev–Trinajstić information content (AvgIpc) is 2.93. The Morgan fingerprint density at radius 1 is 1.57 bits per heavy atom. The summed E-state index contributed by atoms with van der Waals surface area (Å²) in [6.45, 7) is 7.45. The molecule has 0 bridgehead atoms. The minimum atomic E-state index is -0.0165. The molecule has 5 nitrogen and oxygen atoms in total. The van der Waals surface area contributed by atoms with Crippen molar-refractivity contribution in [2.75, 3.05) is 31.2 Å². The number of carbonyl (C=O) groups excluding carboxylic acids is 1. The smallest absolute Gasteiger partial charge is 0.177 e. The zero-order chi connectivity index (χ0) is 15.6. The maximum absolute atomic E-state index is 11.7. The largest absolute Gasteiger partial charge is 0.486 e. The van der Waals surface area contributed by atoms with Crippen LogP contribution in [0.25, 0.3) is 0 Å². The quantitative estimate of drug-likeness (QED) is 0.791. The van der Waals surface area contributed by atoms with Crippen LogP contribution in [-0.2, 0) is 0 Å². The summed E-state index contributed by atoms with van der Waals surface area (Å²) >= 11 is 1.39.